The van der Waals surface area contributed by atoms with Crippen molar-refractivity contribution in [1.82, 2.24) is 0 Å². The van der Waals surface area contributed by atoms with Crippen LogP contribution in [0.1, 0.15) is 278 Å². The minimum absolute atomic E-state index is 0.0891. The Morgan fingerprint density at radius 2 is 0.562 bits per heavy atom. The Kier molecular flexibility index (Phi) is 57.4. The SMILES string of the molecule is CC/C=C\C/C=C\C/C=C\C/C=C\C/C=C\C/C=C\CCCCCCCCCCCCC(=O)OCC(COC(=O)CCCCCCC/C=C\CCC)OC(=O)CCCCCCC/C=C\C/C=C\CCCCCC. The molecular formula is C67H112O6. The number of esters is 3. The van der Waals surface area contributed by atoms with Crippen LogP contribution in [0.5, 0.6) is 0 Å². The average molecular weight is 1010 g/mol. The maximum absolute atomic E-state index is 12.8. The van der Waals surface area contributed by atoms with Crippen LogP contribution >= 0.6 is 0 Å². The minimum atomic E-state index is -0.791. The Bertz CT molecular complexity index is 1490. The van der Waals surface area contributed by atoms with Crippen molar-refractivity contribution in [2.75, 3.05) is 13.2 Å². The van der Waals surface area contributed by atoms with Gasteiger partial charge in [0.05, 0.1) is 0 Å². The summed E-state index contributed by atoms with van der Waals surface area (Å²) < 4.78 is 16.8. The highest BCUT2D eigenvalue weighted by molar-refractivity contribution is 5.71. The number of unbranched alkanes of at least 4 members (excludes halogenated alkanes) is 25. The van der Waals surface area contributed by atoms with Gasteiger partial charge in [0.1, 0.15) is 13.2 Å². The highest BCUT2D eigenvalue weighted by Crippen LogP contribution is 2.15. The zero-order valence-corrected chi connectivity index (χ0v) is 47.6. The van der Waals surface area contributed by atoms with Gasteiger partial charge in [0.2, 0.25) is 0 Å². The molecule has 0 aromatic rings. The van der Waals surface area contributed by atoms with Crippen LogP contribution in [0.2, 0.25) is 0 Å². The van der Waals surface area contributed by atoms with Crippen molar-refractivity contribution in [3.05, 3.63) is 109 Å². The third-order valence-electron chi connectivity index (χ3n) is 12.7. The molecule has 6 nitrogen and oxygen atoms in total. The number of allylic oxidation sites excluding steroid dienone is 18. The number of ether oxygens (including phenoxy) is 3. The molecule has 0 radical (unpaired) electrons. The number of hydrogen-bond donors (Lipinski definition) is 0. The van der Waals surface area contributed by atoms with E-state index in [2.05, 4.69) is 130 Å². The minimum Gasteiger partial charge on any atom is -0.462 e. The number of carbonyl (C=O) groups excluding carboxylic acids is 3. The fraction of sp³-hybridized carbons (Fsp3) is 0.687. The van der Waals surface area contributed by atoms with Crippen LogP contribution in [-0.4, -0.2) is 37.2 Å². The summed E-state index contributed by atoms with van der Waals surface area (Å²) in [6.45, 7) is 6.43. The zero-order chi connectivity index (χ0) is 52.9. The molecule has 0 heterocycles. The number of carbonyl (C=O) groups is 3. The predicted molar refractivity (Wildman–Crippen MR) is 316 cm³/mol. The van der Waals surface area contributed by atoms with Gasteiger partial charge in [-0.2, -0.15) is 0 Å². The molecule has 0 aliphatic heterocycles. The third-order valence-corrected chi connectivity index (χ3v) is 12.7. The first kappa shape index (κ1) is 69.1. The molecule has 0 N–H and O–H groups in total. The van der Waals surface area contributed by atoms with E-state index in [-0.39, 0.29) is 31.1 Å². The Morgan fingerprint density at radius 1 is 0.288 bits per heavy atom. The van der Waals surface area contributed by atoms with Crippen LogP contribution in [-0.2, 0) is 28.6 Å². The van der Waals surface area contributed by atoms with Gasteiger partial charge >= 0.3 is 17.9 Å². The largest absolute Gasteiger partial charge is 0.462 e. The van der Waals surface area contributed by atoms with Gasteiger partial charge < -0.3 is 14.2 Å². The van der Waals surface area contributed by atoms with Gasteiger partial charge in [-0.3, -0.25) is 14.4 Å². The van der Waals surface area contributed by atoms with E-state index in [0.29, 0.717) is 19.3 Å². The summed E-state index contributed by atoms with van der Waals surface area (Å²) in [6, 6.07) is 0. The number of hydrogen-bond acceptors (Lipinski definition) is 6. The summed E-state index contributed by atoms with van der Waals surface area (Å²) in [5.74, 6) is -0.916. The second-order valence-corrected chi connectivity index (χ2v) is 19.9. The number of rotatable bonds is 54. The monoisotopic (exact) mass is 1010 g/mol. The third kappa shape index (κ3) is 58.8. The van der Waals surface area contributed by atoms with Crippen LogP contribution in [0.15, 0.2) is 109 Å². The molecule has 0 bridgehead atoms. The van der Waals surface area contributed by atoms with Gasteiger partial charge in [-0.1, -0.05) is 246 Å². The quantitative estimate of drug-likeness (QED) is 0.0261. The van der Waals surface area contributed by atoms with E-state index in [9.17, 15) is 14.4 Å². The molecule has 0 aliphatic carbocycles. The maximum Gasteiger partial charge on any atom is 0.306 e. The van der Waals surface area contributed by atoms with Gasteiger partial charge in [0, 0.05) is 19.3 Å². The van der Waals surface area contributed by atoms with Gasteiger partial charge in [-0.25, -0.2) is 0 Å². The smallest absolute Gasteiger partial charge is 0.306 e. The first-order chi connectivity index (χ1) is 36.0. The van der Waals surface area contributed by atoms with Crippen molar-refractivity contribution >= 4 is 17.9 Å². The van der Waals surface area contributed by atoms with Crippen molar-refractivity contribution in [3.63, 3.8) is 0 Å². The fourth-order valence-electron chi connectivity index (χ4n) is 8.18. The lowest BCUT2D eigenvalue weighted by molar-refractivity contribution is -0.167. The van der Waals surface area contributed by atoms with E-state index in [1.54, 1.807) is 0 Å². The van der Waals surface area contributed by atoms with Gasteiger partial charge in [0.25, 0.3) is 0 Å². The molecule has 1 unspecified atom stereocenters. The second kappa shape index (κ2) is 60.6. The molecule has 0 fully saturated rings. The van der Waals surface area contributed by atoms with Crippen LogP contribution in [0.25, 0.3) is 0 Å². The molecule has 73 heavy (non-hydrogen) atoms. The molecule has 0 rings (SSSR count). The summed E-state index contributed by atoms with van der Waals surface area (Å²) in [5, 5.41) is 0. The second-order valence-electron chi connectivity index (χ2n) is 19.9. The Labute approximate surface area is 450 Å². The lowest BCUT2D eigenvalue weighted by atomic mass is 10.1. The van der Waals surface area contributed by atoms with Crippen molar-refractivity contribution in [1.29, 1.82) is 0 Å². The highest BCUT2D eigenvalue weighted by Gasteiger charge is 2.19. The molecule has 1 atom stereocenters. The van der Waals surface area contributed by atoms with Gasteiger partial charge in [-0.15, -0.1) is 0 Å². The zero-order valence-electron chi connectivity index (χ0n) is 47.6. The molecule has 0 saturated heterocycles. The van der Waals surface area contributed by atoms with E-state index in [1.165, 1.54) is 96.3 Å². The van der Waals surface area contributed by atoms with Gasteiger partial charge in [-0.05, 0) is 122 Å². The highest BCUT2D eigenvalue weighted by atomic mass is 16.6. The molecule has 0 spiro atoms. The predicted octanol–water partition coefficient (Wildman–Crippen LogP) is 20.7. The van der Waals surface area contributed by atoms with Crippen molar-refractivity contribution < 1.29 is 28.6 Å². The standard InChI is InChI=1S/C67H112O6/c1-4-7-10-13-16-19-22-24-26-28-29-30-31-32-33-34-35-36-37-38-39-40-42-43-45-48-51-54-57-60-66(69)72-63-64(62-71-65(68)59-56-53-50-47-21-18-15-12-9-6-3)73-67(70)61-58-55-52-49-46-44-41-27-25-23-20-17-14-11-8-5-2/h7,10,12,15-16,19-20,23-24,26-27,29-30,32-33,35-36,41,64H,4-6,8-9,11,13-14,17-18,21-22,25,28,31,34,37-40,42-63H2,1-3H3/b10-7-,15-12-,19-16-,23-20-,26-24-,30-29-,33-32-,36-35-,41-27-. The van der Waals surface area contributed by atoms with E-state index >= 15 is 0 Å². The Balaban J connectivity index is 4.25. The van der Waals surface area contributed by atoms with Crippen molar-refractivity contribution in [2.24, 2.45) is 0 Å². The summed E-state index contributed by atoms with van der Waals surface area (Å²) in [5.41, 5.74) is 0. The van der Waals surface area contributed by atoms with Crippen molar-refractivity contribution in [2.45, 2.75) is 284 Å². The lowest BCUT2D eigenvalue weighted by Crippen LogP contribution is -2.30. The van der Waals surface area contributed by atoms with Gasteiger partial charge in [0.15, 0.2) is 6.10 Å². The molecular weight excluding hydrogens is 901 g/mol. The lowest BCUT2D eigenvalue weighted by Gasteiger charge is -2.18. The maximum atomic E-state index is 12.8. The summed E-state index contributed by atoms with van der Waals surface area (Å²) >= 11 is 0. The molecule has 0 amide bonds. The molecule has 0 aromatic heterocycles. The topological polar surface area (TPSA) is 78.9 Å². The molecule has 416 valence electrons. The Morgan fingerprint density at radius 3 is 0.904 bits per heavy atom. The summed E-state index contributed by atoms with van der Waals surface area (Å²) in [4.78, 5) is 38.1. The molecule has 0 aliphatic rings. The molecule has 0 saturated carbocycles. The van der Waals surface area contributed by atoms with Crippen LogP contribution in [0.4, 0.5) is 0 Å². The summed E-state index contributed by atoms with van der Waals surface area (Å²) in [6.07, 6.45) is 82.4. The average Bonchev–Trinajstić information content (AvgIpc) is 3.39. The fourth-order valence-corrected chi connectivity index (χ4v) is 8.18. The van der Waals surface area contributed by atoms with E-state index in [4.69, 9.17) is 14.2 Å². The molecule has 6 heteroatoms. The van der Waals surface area contributed by atoms with E-state index in [1.807, 2.05) is 0 Å². The summed E-state index contributed by atoms with van der Waals surface area (Å²) in [7, 11) is 0. The Hall–Kier alpha value is -3.93. The molecule has 0 aromatic carbocycles. The van der Waals surface area contributed by atoms with Crippen LogP contribution in [0.3, 0.4) is 0 Å². The van der Waals surface area contributed by atoms with E-state index in [0.717, 1.165) is 141 Å². The first-order valence-corrected chi connectivity index (χ1v) is 30.4. The van der Waals surface area contributed by atoms with E-state index < -0.39 is 6.10 Å². The first-order valence-electron chi connectivity index (χ1n) is 30.4. The van der Waals surface area contributed by atoms with Crippen LogP contribution < -0.4 is 0 Å². The van der Waals surface area contributed by atoms with Crippen LogP contribution in [0, 0.1) is 0 Å². The normalized spacial score (nSPS) is 12.9. The van der Waals surface area contributed by atoms with Crippen molar-refractivity contribution in [3.8, 4) is 0 Å².